The van der Waals surface area contributed by atoms with Crippen molar-refractivity contribution < 1.29 is 14.5 Å². The molecule has 10 heteroatoms. The van der Waals surface area contributed by atoms with Crippen LogP contribution in [0.4, 0.5) is 16.5 Å². The van der Waals surface area contributed by atoms with Crippen molar-refractivity contribution in [2.24, 2.45) is 0 Å². The number of rotatable bonds is 7. The number of carbonyl (C=O) groups is 2. The molecule has 3 rings (SSSR count). The van der Waals surface area contributed by atoms with E-state index >= 15 is 0 Å². The number of benzene rings is 2. The van der Waals surface area contributed by atoms with E-state index in [1.54, 1.807) is 36.4 Å². The summed E-state index contributed by atoms with van der Waals surface area (Å²) in [6.45, 7) is 1.91. The normalized spacial score (nSPS) is 10.4. The SMILES string of the molecule is CCCC(=O)Nc1cccc(C(=O)Nc2nnc(-c3ccc([N+](=O)[O-])cc3)s2)c1. The van der Waals surface area contributed by atoms with Crippen LogP contribution in [0.5, 0.6) is 0 Å². The van der Waals surface area contributed by atoms with Gasteiger partial charge >= 0.3 is 0 Å². The van der Waals surface area contributed by atoms with Gasteiger partial charge < -0.3 is 5.32 Å². The van der Waals surface area contributed by atoms with Crippen LogP contribution in [-0.2, 0) is 4.79 Å². The summed E-state index contributed by atoms with van der Waals surface area (Å²) in [6, 6.07) is 12.5. The third-order valence-electron chi connectivity index (χ3n) is 3.86. The number of non-ortho nitro benzene ring substituents is 1. The molecule has 0 atom stereocenters. The highest BCUT2D eigenvalue weighted by molar-refractivity contribution is 7.18. The van der Waals surface area contributed by atoms with Gasteiger partial charge in [-0.3, -0.25) is 25.0 Å². The second kappa shape index (κ2) is 9.02. The molecule has 3 aromatic rings. The Kier molecular flexibility index (Phi) is 6.25. The Morgan fingerprint density at radius 3 is 2.55 bits per heavy atom. The van der Waals surface area contributed by atoms with Gasteiger partial charge in [-0.05, 0) is 36.8 Å². The van der Waals surface area contributed by atoms with Crippen LogP contribution in [-0.4, -0.2) is 26.9 Å². The predicted octanol–water partition coefficient (Wildman–Crippen LogP) is 4.10. The minimum atomic E-state index is -0.478. The van der Waals surface area contributed by atoms with Crippen molar-refractivity contribution in [2.45, 2.75) is 19.8 Å². The van der Waals surface area contributed by atoms with E-state index < -0.39 is 4.92 Å². The van der Waals surface area contributed by atoms with Crippen molar-refractivity contribution in [1.82, 2.24) is 10.2 Å². The first kappa shape index (κ1) is 20.1. The summed E-state index contributed by atoms with van der Waals surface area (Å²) in [5.74, 6) is -0.495. The molecule has 0 aliphatic carbocycles. The number of amides is 2. The average molecular weight is 411 g/mol. The molecule has 0 saturated carbocycles. The highest BCUT2D eigenvalue weighted by Gasteiger charge is 2.13. The number of hydrogen-bond acceptors (Lipinski definition) is 7. The van der Waals surface area contributed by atoms with E-state index in [1.165, 1.54) is 12.1 Å². The molecule has 0 fully saturated rings. The maximum absolute atomic E-state index is 12.5. The molecule has 0 aliphatic rings. The Balaban J connectivity index is 1.68. The van der Waals surface area contributed by atoms with Crippen LogP contribution in [0.25, 0.3) is 10.6 Å². The minimum absolute atomic E-state index is 0.0160. The number of nitrogens with one attached hydrogen (secondary N) is 2. The molecule has 9 nitrogen and oxygen atoms in total. The number of anilines is 2. The Morgan fingerprint density at radius 1 is 1.10 bits per heavy atom. The largest absolute Gasteiger partial charge is 0.326 e. The number of hydrogen-bond donors (Lipinski definition) is 2. The molecule has 0 radical (unpaired) electrons. The van der Waals surface area contributed by atoms with Gasteiger partial charge in [0.25, 0.3) is 11.6 Å². The topological polar surface area (TPSA) is 127 Å². The number of nitro benzene ring substituents is 1. The molecule has 0 bridgehead atoms. The lowest BCUT2D eigenvalue weighted by molar-refractivity contribution is -0.384. The fraction of sp³-hybridized carbons (Fsp3) is 0.158. The van der Waals surface area contributed by atoms with Crippen molar-refractivity contribution in [2.75, 3.05) is 10.6 Å². The van der Waals surface area contributed by atoms with E-state index in [1.807, 2.05) is 6.92 Å². The second-order valence-electron chi connectivity index (χ2n) is 6.05. The molecular weight excluding hydrogens is 394 g/mol. The van der Waals surface area contributed by atoms with Crippen molar-refractivity contribution in [3.63, 3.8) is 0 Å². The van der Waals surface area contributed by atoms with E-state index in [0.717, 1.165) is 17.8 Å². The molecule has 2 amide bonds. The molecule has 1 aromatic heterocycles. The lowest BCUT2D eigenvalue weighted by Gasteiger charge is -2.06. The fourth-order valence-electron chi connectivity index (χ4n) is 2.47. The summed E-state index contributed by atoms with van der Waals surface area (Å²) in [4.78, 5) is 34.5. The molecule has 2 N–H and O–H groups in total. The fourth-order valence-corrected chi connectivity index (χ4v) is 3.22. The van der Waals surface area contributed by atoms with Crippen molar-refractivity contribution >= 4 is 39.7 Å². The summed E-state index contributed by atoms with van der Waals surface area (Å²) in [5, 5.41) is 24.9. The van der Waals surface area contributed by atoms with Crippen LogP contribution in [0.3, 0.4) is 0 Å². The summed E-state index contributed by atoms with van der Waals surface area (Å²) in [5.41, 5.74) is 1.55. The zero-order chi connectivity index (χ0) is 20.8. The molecule has 0 spiro atoms. The highest BCUT2D eigenvalue weighted by atomic mass is 32.1. The van der Waals surface area contributed by atoms with Gasteiger partial charge in [-0.1, -0.05) is 24.3 Å². The summed E-state index contributed by atoms with van der Waals surface area (Å²) in [7, 11) is 0. The van der Waals surface area contributed by atoms with Crippen LogP contribution in [0.1, 0.15) is 30.1 Å². The van der Waals surface area contributed by atoms with Crippen LogP contribution < -0.4 is 10.6 Å². The van der Waals surface area contributed by atoms with E-state index in [9.17, 15) is 19.7 Å². The van der Waals surface area contributed by atoms with Crippen LogP contribution in [0.15, 0.2) is 48.5 Å². The molecule has 2 aromatic carbocycles. The lowest BCUT2D eigenvalue weighted by atomic mass is 10.2. The van der Waals surface area contributed by atoms with Gasteiger partial charge in [0.2, 0.25) is 11.0 Å². The standard InChI is InChI=1S/C19H17N5O4S/c1-2-4-16(25)20-14-6-3-5-13(11-14)17(26)21-19-23-22-18(29-19)12-7-9-15(10-8-12)24(27)28/h3,5-11H,2,4H2,1H3,(H,20,25)(H,21,23,26). The third kappa shape index (κ3) is 5.20. The van der Waals surface area contributed by atoms with E-state index in [0.29, 0.717) is 33.4 Å². The maximum atomic E-state index is 12.5. The first-order valence-corrected chi connectivity index (χ1v) is 9.57. The Bertz CT molecular complexity index is 1050. The van der Waals surface area contributed by atoms with E-state index in [2.05, 4.69) is 20.8 Å². The van der Waals surface area contributed by atoms with Gasteiger partial charge in [0, 0.05) is 35.4 Å². The molecule has 0 saturated heterocycles. The number of carbonyl (C=O) groups excluding carboxylic acids is 2. The van der Waals surface area contributed by atoms with Gasteiger partial charge in [-0.15, -0.1) is 10.2 Å². The molecule has 1 heterocycles. The van der Waals surface area contributed by atoms with Gasteiger partial charge in [0.05, 0.1) is 4.92 Å². The second-order valence-corrected chi connectivity index (χ2v) is 7.03. The van der Waals surface area contributed by atoms with Crippen LogP contribution in [0, 0.1) is 10.1 Å². The van der Waals surface area contributed by atoms with Crippen molar-refractivity contribution in [3.05, 3.63) is 64.2 Å². The van der Waals surface area contributed by atoms with Gasteiger partial charge in [0.15, 0.2) is 0 Å². The number of nitro groups is 1. The minimum Gasteiger partial charge on any atom is -0.326 e. The zero-order valence-corrected chi connectivity index (χ0v) is 16.2. The van der Waals surface area contributed by atoms with Gasteiger partial charge in [0.1, 0.15) is 5.01 Å². The Morgan fingerprint density at radius 2 is 1.86 bits per heavy atom. The van der Waals surface area contributed by atoms with Gasteiger partial charge in [-0.2, -0.15) is 0 Å². The maximum Gasteiger partial charge on any atom is 0.269 e. The van der Waals surface area contributed by atoms with E-state index in [4.69, 9.17) is 0 Å². The molecule has 0 aliphatic heterocycles. The third-order valence-corrected chi connectivity index (χ3v) is 4.74. The van der Waals surface area contributed by atoms with Crippen molar-refractivity contribution in [1.29, 1.82) is 0 Å². The Hall–Kier alpha value is -3.66. The molecule has 0 unspecified atom stereocenters. The summed E-state index contributed by atoms with van der Waals surface area (Å²) in [6.07, 6.45) is 1.15. The monoisotopic (exact) mass is 411 g/mol. The molecule has 29 heavy (non-hydrogen) atoms. The summed E-state index contributed by atoms with van der Waals surface area (Å²) >= 11 is 1.15. The smallest absolute Gasteiger partial charge is 0.269 e. The Labute approximate surface area is 169 Å². The predicted molar refractivity (Wildman–Crippen MR) is 110 cm³/mol. The molecule has 148 valence electrons. The van der Waals surface area contributed by atoms with Gasteiger partial charge in [-0.25, -0.2) is 0 Å². The first-order chi connectivity index (χ1) is 14.0. The highest BCUT2D eigenvalue weighted by Crippen LogP contribution is 2.28. The van der Waals surface area contributed by atoms with E-state index in [-0.39, 0.29) is 17.5 Å². The average Bonchev–Trinajstić information content (AvgIpc) is 3.17. The van der Waals surface area contributed by atoms with Crippen molar-refractivity contribution in [3.8, 4) is 10.6 Å². The number of nitrogens with zero attached hydrogens (tertiary/aromatic N) is 3. The van der Waals surface area contributed by atoms with Crippen LogP contribution in [0.2, 0.25) is 0 Å². The number of aromatic nitrogens is 2. The summed E-state index contributed by atoms with van der Waals surface area (Å²) < 4.78 is 0. The van der Waals surface area contributed by atoms with Crippen LogP contribution >= 0.6 is 11.3 Å². The quantitative estimate of drug-likeness (QED) is 0.445. The first-order valence-electron chi connectivity index (χ1n) is 8.76. The molecular formula is C19H17N5O4S. The zero-order valence-electron chi connectivity index (χ0n) is 15.4. The lowest BCUT2D eigenvalue weighted by Crippen LogP contribution is -2.14.